The van der Waals surface area contributed by atoms with Gasteiger partial charge in [0.2, 0.25) is 5.91 Å². The third-order valence-corrected chi connectivity index (χ3v) is 6.17. The maximum atomic E-state index is 13.9. The minimum absolute atomic E-state index is 0. The molecule has 0 unspecified atom stereocenters. The largest absolute Gasteiger partial charge is 0.336 e. The number of hydrogen-bond donors (Lipinski definition) is 1. The fourth-order valence-corrected chi connectivity index (χ4v) is 4.45. The van der Waals surface area contributed by atoms with Crippen LogP contribution in [0.4, 0.5) is 17.6 Å². The third kappa shape index (κ3) is 5.65. The van der Waals surface area contributed by atoms with Crippen LogP contribution in [0.1, 0.15) is 23.2 Å². The van der Waals surface area contributed by atoms with Gasteiger partial charge in [0.25, 0.3) is 11.8 Å². The molecule has 0 radical (unpaired) electrons. The average Bonchev–Trinajstić information content (AvgIpc) is 3.34. The number of halogens is 6. The zero-order valence-corrected chi connectivity index (χ0v) is 18.9. The van der Waals surface area contributed by atoms with Gasteiger partial charge < -0.3 is 15.1 Å². The number of benzene rings is 1. The summed E-state index contributed by atoms with van der Waals surface area (Å²) in [6.07, 6.45) is 0.237. The number of alkyl halides is 2. The lowest BCUT2D eigenvalue weighted by atomic mass is 10.1. The summed E-state index contributed by atoms with van der Waals surface area (Å²) in [4.78, 5) is 30.0. The van der Waals surface area contributed by atoms with Crippen LogP contribution in [0.25, 0.3) is 0 Å². The molecule has 6 nitrogen and oxygen atoms in total. The SMILES string of the molecule is Cl.Cl.O=C(c1ccc(F)cc1F)N1CCN([C@@H]2CN[C@H](C(=O)N3CCC(F)(F)C3)C2)CC1. The predicted molar refractivity (Wildman–Crippen MR) is 115 cm³/mol. The van der Waals surface area contributed by atoms with E-state index in [1.165, 1.54) is 9.80 Å². The lowest BCUT2D eigenvalue weighted by molar-refractivity contribution is -0.133. The topological polar surface area (TPSA) is 55.9 Å². The lowest BCUT2D eigenvalue weighted by Crippen LogP contribution is -2.52. The zero-order chi connectivity index (χ0) is 21.5. The molecule has 32 heavy (non-hydrogen) atoms. The quantitative estimate of drug-likeness (QED) is 0.646. The fourth-order valence-electron chi connectivity index (χ4n) is 4.45. The molecule has 1 aromatic carbocycles. The average molecular weight is 501 g/mol. The van der Waals surface area contributed by atoms with Gasteiger partial charge in [-0.3, -0.25) is 14.5 Å². The van der Waals surface area contributed by atoms with Crippen LogP contribution < -0.4 is 5.32 Å². The van der Waals surface area contributed by atoms with Crippen molar-refractivity contribution in [3.8, 4) is 0 Å². The molecule has 3 fully saturated rings. The van der Waals surface area contributed by atoms with Crippen LogP contribution in [0.5, 0.6) is 0 Å². The molecule has 2 atom stereocenters. The van der Waals surface area contributed by atoms with E-state index in [0.717, 1.165) is 12.1 Å². The highest BCUT2D eigenvalue weighted by molar-refractivity contribution is 5.94. The second kappa shape index (κ2) is 10.5. The van der Waals surface area contributed by atoms with E-state index in [2.05, 4.69) is 10.2 Å². The number of likely N-dealkylation sites (tertiary alicyclic amines) is 1. The van der Waals surface area contributed by atoms with Gasteiger partial charge in [0.1, 0.15) is 11.6 Å². The van der Waals surface area contributed by atoms with Crippen LogP contribution in [0.15, 0.2) is 18.2 Å². The second-order valence-corrected chi connectivity index (χ2v) is 8.17. The highest BCUT2D eigenvalue weighted by atomic mass is 35.5. The molecule has 1 aromatic rings. The minimum Gasteiger partial charge on any atom is -0.336 e. The molecule has 0 saturated carbocycles. The summed E-state index contributed by atoms with van der Waals surface area (Å²) in [5.74, 6) is -5.17. The van der Waals surface area contributed by atoms with E-state index in [1.54, 1.807) is 0 Å². The van der Waals surface area contributed by atoms with Crippen LogP contribution in [-0.2, 0) is 4.79 Å². The summed E-state index contributed by atoms with van der Waals surface area (Å²) in [7, 11) is 0. The summed E-state index contributed by atoms with van der Waals surface area (Å²) in [5, 5.41) is 3.14. The van der Waals surface area contributed by atoms with Crippen molar-refractivity contribution in [1.82, 2.24) is 20.0 Å². The van der Waals surface area contributed by atoms with Crippen molar-refractivity contribution in [2.45, 2.75) is 30.8 Å². The van der Waals surface area contributed by atoms with Gasteiger partial charge in [-0.15, -0.1) is 24.8 Å². The Bertz CT molecular complexity index is 840. The monoisotopic (exact) mass is 500 g/mol. The van der Waals surface area contributed by atoms with E-state index in [-0.39, 0.29) is 55.3 Å². The van der Waals surface area contributed by atoms with Crippen molar-refractivity contribution in [3.63, 3.8) is 0 Å². The molecule has 3 saturated heterocycles. The van der Waals surface area contributed by atoms with Crippen molar-refractivity contribution in [1.29, 1.82) is 0 Å². The van der Waals surface area contributed by atoms with E-state index in [0.29, 0.717) is 45.2 Å². The molecule has 0 aliphatic carbocycles. The molecular weight excluding hydrogens is 475 g/mol. The highest BCUT2D eigenvalue weighted by Gasteiger charge is 2.44. The molecule has 4 rings (SSSR count). The van der Waals surface area contributed by atoms with Crippen molar-refractivity contribution < 1.29 is 27.2 Å². The molecule has 0 aromatic heterocycles. The first-order valence-corrected chi connectivity index (χ1v) is 10.1. The first-order valence-electron chi connectivity index (χ1n) is 10.1. The zero-order valence-electron chi connectivity index (χ0n) is 17.2. The van der Waals surface area contributed by atoms with E-state index < -0.39 is 36.1 Å². The first-order chi connectivity index (χ1) is 14.2. The maximum Gasteiger partial charge on any atom is 0.267 e. The summed E-state index contributed by atoms with van der Waals surface area (Å²) in [6, 6.07) is 2.50. The second-order valence-electron chi connectivity index (χ2n) is 8.17. The van der Waals surface area contributed by atoms with Gasteiger partial charge >= 0.3 is 0 Å². The van der Waals surface area contributed by atoms with Gasteiger partial charge in [0.05, 0.1) is 18.2 Å². The van der Waals surface area contributed by atoms with Gasteiger partial charge in [0.15, 0.2) is 0 Å². The molecule has 12 heteroatoms. The maximum absolute atomic E-state index is 13.9. The van der Waals surface area contributed by atoms with E-state index >= 15 is 0 Å². The Kier molecular flexibility index (Phi) is 8.77. The number of carbonyl (C=O) groups excluding carboxylic acids is 2. The number of piperazine rings is 1. The van der Waals surface area contributed by atoms with Gasteiger partial charge in [-0.25, -0.2) is 17.6 Å². The number of nitrogens with zero attached hydrogens (tertiary/aromatic N) is 3. The molecule has 0 spiro atoms. The van der Waals surface area contributed by atoms with Gasteiger partial charge in [-0.1, -0.05) is 0 Å². The molecule has 180 valence electrons. The predicted octanol–water partition coefficient (Wildman–Crippen LogP) is 2.16. The number of amides is 2. The Morgan fingerprint density at radius 3 is 2.28 bits per heavy atom. The molecule has 3 heterocycles. The number of nitrogens with one attached hydrogen (secondary N) is 1. The summed E-state index contributed by atoms with van der Waals surface area (Å²) < 4.78 is 53.7. The Morgan fingerprint density at radius 2 is 1.69 bits per heavy atom. The Morgan fingerprint density at radius 1 is 1.00 bits per heavy atom. The lowest BCUT2D eigenvalue weighted by Gasteiger charge is -2.38. The standard InChI is InChI=1S/C20H24F4N4O2.2ClH/c21-13-1-2-15(16(22)9-13)18(29)27-7-5-26(6-8-27)14-10-17(25-11-14)19(30)28-4-3-20(23,24)12-28;;/h1-2,9,14,17,25H,3-8,10-12H2;2*1H/t14-,17-;;/m0../s1. The van der Waals surface area contributed by atoms with Gasteiger partial charge in [0, 0.05) is 57.8 Å². The fraction of sp³-hybridized carbons (Fsp3) is 0.600. The summed E-state index contributed by atoms with van der Waals surface area (Å²) in [6.45, 7) is 2.03. The van der Waals surface area contributed by atoms with Crippen molar-refractivity contribution >= 4 is 36.6 Å². The van der Waals surface area contributed by atoms with Gasteiger partial charge in [-0.05, 0) is 18.6 Å². The van der Waals surface area contributed by atoms with Crippen molar-refractivity contribution in [2.75, 3.05) is 45.8 Å². The molecule has 2 amide bonds. The van der Waals surface area contributed by atoms with Crippen molar-refractivity contribution in [2.24, 2.45) is 0 Å². The van der Waals surface area contributed by atoms with E-state index in [9.17, 15) is 27.2 Å². The van der Waals surface area contributed by atoms with Crippen molar-refractivity contribution in [3.05, 3.63) is 35.4 Å². The number of hydrogen-bond acceptors (Lipinski definition) is 4. The molecule has 0 bridgehead atoms. The Balaban J connectivity index is 0.00000181. The van der Waals surface area contributed by atoms with Crippen LogP contribution in [0.3, 0.4) is 0 Å². The van der Waals surface area contributed by atoms with Crippen LogP contribution in [-0.4, -0.2) is 90.3 Å². The summed E-state index contributed by atoms with van der Waals surface area (Å²) >= 11 is 0. The van der Waals surface area contributed by atoms with Gasteiger partial charge in [-0.2, -0.15) is 0 Å². The number of carbonyl (C=O) groups is 2. The minimum atomic E-state index is -2.81. The van der Waals surface area contributed by atoms with E-state index in [4.69, 9.17) is 0 Å². The van der Waals surface area contributed by atoms with E-state index in [1.807, 2.05) is 0 Å². The highest BCUT2D eigenvalue weighted by Crippen LogP contribution is 2.28. The molecule has 3 aliphatic heterocycles. The van der Waals surface area contributed by atoms with Crippen LogP contribution in [0, 0.1) is 11.6 Å². The smallest absolute Gasteiger partial charge is 0.267 e. The Labute approximate surface area is 196 Å². The molecular formula is C20H26Cl2F4N4O2. The van der Waals surface area contributed by atoms with Crippen LogP contribution >= 0.6 is 24.8 Å². The van der Waals surface area contributed by atoms with Crippen LogP contribution in [0.2, 0.25) is 0 Å². The summed E-state index contributed by atoms with van der Waals surface area (Å²) in [5.41, 5.74) is -0.152. The molecule has 3 aliphatic rings. The number of rotatable bonds is 3. The first kappa shape index (κ1) is 26.6. The molecule has 1 N–H and O–H groups in total. The third-order valence-electron chi connectivity index (χ3n) is 6.17. The Hall–Kier alpha value is -1.62. The normalized spacial score (nSPS) is 25.2.